The number of nitrogens with two attached hydrogens (primary N) is 1. The van der Waals surface area contributed by atoms with Crippen LogP contribution in [0.3, 0.4) is 0 Å². The van der Waals surface area contributed by atoms with Crippen molar-refractivity contribution < 1.29 is 22.7 Å². The summed E-state index contributed by atoms with van der Waals surface area (Å²) in [6, 6.07) is 3.34. The number of nitrogen functional groups attached to an aromatic ring is 1. The molecule has 1 fully saturated rings. The SMILES string of the molecule is CN(C(=O)OC1CCCN(c2ccc(C(F)(F)F)cc2N)C1)C(C)(C)C. The van der Waals surface area contributed by atoms with E-state index in [0.717, 1.165) is 18.6 Å². The minimum atomic E-state index is -4.43. The Balaban J connectivity index is 2.08. The molecule has 5 nitrogen and oxygen atoms in total. The molecular formula is C18H26F3N3O2. The van der Waals surface area contributed by atoms with Gasteiger partial charge in [-0.25, -0.2) is 4.79 Å². The standard InChI is InChI=1S/C18H26F3N3O2/c1-17(2,3)23(4)16(25)26-13-6-5-9-24(11-13)15-8-7-12(10-14(15)22)18(19,20)21/h7-8,10,13H,5-6,9,11,22H2,1-4H3. The van der Waals surface area contributed by atoms with Crippen molar-refractivity contribution in [3.05, 3.63) is 23.8 Å². The average molecular weight is 373 g/mol. The lowest BCUT2D eigenvalue weighted by atomic mass is 10.1. The van der Waals surface area contributed by atoms with Crippen LogP contribution in [0.5, 0.6) is 0 Å². The summed E-state index contributed by atoms with van der Waals surface area (Å²) in [6.07, 6.45) is -3.70. The van der Waals surface area contributed by atoms with E-state index in [4.69, 9.17) is 10.5 Å². The van der Waals surface area contributed by atoms with Crippen LogP contribution in [-0.2, 0) is 10.9 Å². The van der Waals surface area contributed by atoms with Gasteiger partial charge in [0.1, 0.15) is 6.10 Å². The minimum absolute atomic E-state index is 0.0682. The Morgan fingerprint density at radius 3 is 2.50 bits per heavy atom. The second-order valence-corrected chi connectivity index (χ2v) is 7.60. The highest BCUT2D eigenvalue weighted by Crippen LogP contribution is 2.35. The van der Waals surface area contributed by atoms with Crippen molar-refractivity contribution in [1.29, 1.82) is 0 Å². The molecule has 1 aromatic rings. The topological polar surface area (TPSA) is 58.8 Å². The molecule has 1 saturated heterocycles. The zero-order valence-corrected chi connectivity index (χ0v) is 15.6. The molecule has 0 aliphatic carbocycles. The predicted molar refractivity (Wildman–Crippen MR) is 95.1 cm³/mol. The van der Waals surface area contributed by atoms with E-state index in [1.165, 1.54) is 11.0 Å². The Kier molecular flexibility index (Phi) is 5.63. The molecule has 1 amide bonds. The van der Waals surface area contributed by atoms with E-state index < -0.39 is 17.8 Å². The van der Waals surface area contributed by atoms with Gasteiger partial charge in [-0.1, -0.05) is 0 Å². The molecule has 8 heteroatoms. The summed E-state index contributed by atoms with van der Waals surface area (Å²) in [4.78, 5) is 15.7. The number of rotatable bonds is 2. The lowest BCUT2D eigenvalue weighted by molar-refractivity contribution is -0.137. The van der Waals surface area contributed by atoms with Crippen molar-refractivity contribution in [1.82, 2.24) is 4.90 Å². The molecule has 1 aliphatic heterocycles. The highest BCUT2D eigenvalue weighted by atomic mass is 19.4. The summed E-state index contributed by atoms with van der Waals surface area (Å²) in [5, 5.41) is 0. The number of alkyl halides is 3. The van der Waals surface area contributed by atoms with Crippen LogP contribution >= 0.6 is 0 Å². The number of nitrogens with zero attached hydrogens (tertiary/aromatic N) is 2. The van der Waals surface area contributed by atoms with E-state index in [9.17, 15) is 18.0 Å². The lowest BCUT2D eigenvalue weighted by Gasteiger charge is -2.37. The van der Waals surface area contributed by atoms with E-state index in [-0.39, 0.29) is 17.3 Å². The third kappa shape index (κ3) is 4.74. The molecule has 1 atom stereocenters. The molecule has 0 saturated carbocycles. The number of carbonyl (C=O) groups excluding carboxylic acids is 1. The monoisotopic (exact) mass is 373 g/mol. The van der Waals surface area contributed by atoms with E-state index >= 15 is 0 Å². The van der Waals surface area contributed by atoms with Crippen LogP contribution in [0, 0.1) is 0 Å². The molecule has 2 rings (SSSR count). The second kappa shape index (κ2) is 7.25. The zero-order valence-electron chi connectivity index (χ0n) is 15.6. The fourth-order valence-electron chi connectivity index (χ4n) is 2.77. The first-order valence-corrected chi connectivity index (χ1v) is 8.55. The zero-order chi connectivity index (χ0) is 19.7. The molecule has 146 valence electrons. The number of hydrogen-bond donors (Lipinski definition) is 1. The first-order chi connectivity index (χ1) is 11.9. The third-order valence-electron chi connectivity index (χ3n) is 4.62. The fraction of sp³-hybridized carbons (Fsp3) is 0.611. The fourth-order valence-corrected chi connectivity index (χ4v) is 2.77. The largest absolute Gasteiger partial charge is 0.444 e. The first-order valence-electron chi connectivity index (χ1n) is 8.55. The Labute approximate surface area is 151 Å². The molecule has 2 N–H and O–H groups in total. The minimum Gasteiger partial charge on any atom is -0.444 e. The molecule has 26 heavy (non-hydrogen) atoms. The van der Waals surface area contributed by atoms with Crippen LogP contribution in [0.4, 0.5) is 29.3 Å². The van der Waals surface area contributed by atoms with Crippen LogP contribution in [0.1, 0.15) is 39.2 Å². The van der Waals surface area contributed by atoms with Gasteiger partial charge in [-0.05, 0) is 51.8 Å². The summed E-state index contributed by atoms with van der Waals surface area (Å²) in [7, 11) is 1.68. The number of hydrogen-bond acceptors (Lipinski definition) is 4. The molecule has 0 bridgehead atoms. The van der Waals surface area contributed by atoms with E-state index in [1.54, 1.807) is 7.05 Å². The smallest absolute Gasteiger partial charge is 0.416 e. The van der Waals surface area contributed by atoms with Crippen molar-refractivity contribution in [3.63, 3.8) is 0 Å². The first kappa shape index (κ1) is 20.2. The van der Waals surface area contributed by atoms with Crippen LogP contribution in [0.2, 0.25) is 0 Å². The summed E-state index contributed by atoms with van der Waals surface area (Å²) >= 11 is 0. The van der Waals surface area contributed by atoms with E-state index in [2.05, 4.69) is 0 Å². The normalized spacial score (nSPS) is 18.6. The van der Waals surface area contributed by atoms with Crippen molar-refractivity contribution in [2.75, 3.05) is 30.8 Å². The van der Waals surface area contributed by atoms with Gasteiger partial charge >= 0.3 is 12.3 Å². The van der Waals surface area contributed by atoms with Gasteiger partial charge in [0.25, 0.3) is 0 Å². The Morgan fingerprint density at radius 1 is 1.31 bits per heavy atom. The molecule has 1 unspecified atom stereocenters. The molecule has 0 radical (unpaired) electrons. The van der Waals surface area contributed by atoms with Gasteiger partial charge in [0, 0.05) is 19.1 Å². The molecule has 1 heterocycles. The number of ether oxygens (including phenoxy) is 1. The number of carbonyl (C=O) groups is 1. The van der Waals surface area contributed by atoms with Gasteiger partial charge < -0.3 is 20.3 Å². The Morgan fingerprint density at radius 2 is 1.96 bits per heavy atom. The maximum Gasteiger partial charge on any atom is 0.416 e. The van der Waals surface area contributed by atoms with Gasteiger partial charge in [-0.3, -0.25) is 0 Å². The third-order valence-corrected chi connectivity index (χ3v) is 4.62. The van der Waals surface area contributed by atoms with Crippen LogP contribution in [0.15, 0.2) is 18.2 Å². The van der Waals surface area contributed by atoms with Crippen molar-refractivity contribution >= 4 is 17.5 Å². The lowest BCUT2D eigenvalue weighted by Crippen LogP contribution is -2.47. The summed E-state index contributed by atoms with van der Waals surface area (Å²) in [5.74, 6) is 0. The van der Waals surface area contributed by atoms with Crippen LogP contribution in [-0.4, -0.2) is 42.8 Å². The van der Waals surface area contributed by atoms with E-state index in [1.807, 2.05) is 25.7 Å². The Bertz CT molecular complexity index is 656. The Hall–Kier alpha value is -2.12. The van der Waals surface area contributed by atoms with Crippen molar-refractivity contribution in [2.24, 2.45) is 0 Å². The highest BCUT2D eigenvalue weighted by molar-refractivity contribution is 5.70. The van der Waals surface area contributed by atoms with Crippen molar-refractivity contribution in [3.8, 4) is 0 Å². The van der Waals surface area contributed by atoms with Gasteiger partial charge in [0.05, 0.1) is 23.5 Å². The van der Waals surface area contributed by atoms with E-state index in [0.29, 0.717) is 25.2 Å². The van der Waals surface area contributed by atoms with Crippen molar-refractivity contribution in [2.45, 2.75) is 51.4 Å². The molecule has 1 aromatic carbocycles. The maximum atomic E-state index is 12.8. The van der Waals surface area contributed by atoms with Gasteiger partial charge in [-0.15, -0.1) is 0 Å². The van der Waals surface area contributed by atoms with Gasteiger partial charge in [0.15, 0.2) is 0 Å². The van der Waals surface area contributed by atoms with Crippen LogP contribution < -0.4 is 10.6 Å². The van der Waals surface area contributed by atoms with Crippen LogP contribution in [0.25, 0.3) is 0 Å². The predicted octanol–water partition coefficient (Wildman–Crippen LogP) is 4.12. The number of halogens is 3. The number of benzene rings is 1. The highest BCUT2D eigenvalue weighted by Gasteiger charge is 2.32. The molecule has 1 aliphatic rings. The number of piperidine rings is 1. The summed E-state index contributed by atoms with van der Waals surface area (Å²) in [5.41, 5.74) is 5.31. The average Bonchev–Trinajstić information content (AvgIpc) is 2.52. The van der Waals surface area contributed by atoms with Gasteiger partial charge in [0.2, 0.25) is 0 Å². The number of anilines is 2. The summed E-state index contributed by atoms with van der Waals surface area (Å²) in [6.45, 7) is 6.77. The molecular weight excluding hydrogens is 347 g/mol. The summed E-state index contributed by atoms with van der Waals surface area (Å²) < 4.78 is 43.9. The molecule has 0 aromatic heterocycles. The second-order valence-electron chi connectivity index (χ2n) is 7.60. The quantitative estimate of drug-likeness (QED) is 0.792. The number of amides is 1. The maximum absolute atomic E-state index is 12.8. The van der Waals surface area contributed by atoms with Gasteiger partial charge in [-0.2, -0.15) is 13.2 Å². The molecule has 0 spiro atoms.